The quantitative estimate of drug-likeness (QED) is 0.131. The fourth-order valence-electron chi connectivity index (χ4n) is 6.98. The van der Waals surface area contributed by atoms with Crippen LogP contribution in [0.5, 0.6) is 11.6 Å². The molecule has 3 aliphatic rings. The molecule has 1 saturated heterocycles. The standard InChI is InChI=1S/C38H47N5O6/c39-38-42-33-23-41-36(49-31-5-2-1-3-6-31)35(28-16-20-47-21-17-28)32(33)24-43(38)19-4-7-34(44)27-10-8-26(9-11-27)25-48-22-18-40-30-14-12-29(13-15-30)37(45)46/h1-3,5-6,8-11,23,28-30,40H,4,7,12-22,24-25H2,(H2,39,42)(H,45,46)/t29-,30+. The average Bonchev–Trinajstić information content (AvgIpc) is 3.13. The van der Waals surface area contributed by atoms with Crippen LogP contribution in [0, 0.1) is 5.92 Å². The molecule has 0 unspecified atom stereocenters. The summed E-state index contributed by atoms with van der Waals surface area (Å²) in [4.78, 5) is 35.6. The van der Waals surface area contributed by atoms with Crippen LogP contribution in [0.15, 0.2) is 65.8 Å². The summed E-state index contributed by atoms with van der Waals surface area (Å²) < 4.78 is 17.8. The monoisotopic (exact) mass is 669 g/mol. The zero-order chi connectivity index (χ0) is 34.0. The Balaban J connectivity index is 0.976. The fourth-order valence-corrected chi connectivity index (χ4v) is 6.98. The number of hydrogen-bond acceptors (Lipinski definition) is 10. The number of hydrogen-bond donors (Lipinski definition) is 3. The van der Waals surface area contributed by atoms with Crippen LogP contribution in [0.4, 0.5) is 5.69 Å². The van der Waals surface area contributed by atoms with Crippen LogP contribution in [0.3, 0.4) is 0 Å². The second kappa shape index (κ2) is 16.9. The molecule has 260 valence electrons. The van der Waals surface area contributed by atoms with Gasteiger partial charge in [0.25, 0.3) is 0 Å². The number of rotatable bonds is 15. The van der Waals surface area contributed by atoms with Crippen molar-refractivity contribution in [2.24, 2.45) is 16.6 Å². The lowest BCUT2D eigenvalue weighted by Gasteiger charge is -2.32. The van der Waals surface area contributed by atoms with Crippen molar-refractivity contribution in [3.8, 4) is 11.6 Å². The molecule has 0 bridgehead atoms. The van der Waals surface area contributed by atoms with Gasteiger partial charge >= 0.3 is 5.97 Å². The van der Waals surface area contributed by atoms with E-state index in [9.17, 15) is 9.59 Å². The Hall–Kier alpha value is -4.32. The van der Waals surface area contributed by atoms with E-state index in [0.717, 1.165) is 73.2 Å². The normalized spacial score (nSPS) is 19.6. The maximum atomic E-state index is 13.1. The Labute approximate surface area is 287 Å². The summed E-state index contributed by atoms with van der Waals surface area (Å²) in [6.07, 6.45) is 7.80. The average molecular weight is 670 g/mol. The van der Waals surface area contributed by atoms with Crippen LogP contribution in [0.2, 0.25) is 0 Å². The Bertz CT molecular complexity index is 1580. The fraction of sp³-hybridized carbons (Fsp3) is 0.474. The Kier molecular flexibility index (Phi) is 11.9. The summed E-state index contributed by atoms with van der Waals surface area (Å²) in [5.41, 5.74) is 11.0. The van der Waals surface area contributed by atoms with E-state index in [-0.39, 0.29) is 17.6 Å². The molecular formula is C38H47N5O6. The summed E-state index contributed by atoms with van der Waals surface area (Å²) in [6.45, 7) is 4.35. The van der Waals surface area contributed by atoms with Crippen LogP contribution < -0.4 is 15.8 Å². The Morgan fingerprint density at radius 2 is 1.76 bits per heavy atom. The topological polar surface area (TPSA) is 149 Å². The lowest BCUT2D eigenvalue weighted by Crippen LogP contribution is -2.40. The van der Waals surface area contributed by atoms with Crippen molar-refractivity contribution < 1.29 is 28.9 Å². The molecule has 2 fully saturated rings. The first-order valence-electron chi connectivity index (χ1n) is 17.5. The smallest absolute Gasteiger partial charge is 0.306 e. The van der Waals surface area contributed by atoms with Crippen LogP contribution in [-0.2, 0) is 27.4 Å². The number of carbonyl (C=O) groups is 2. The third-order valence-corrected chi connectivity index (χ3v) is 9.80. The predicted molar refractivity (Wildman–Crippen MR) is 186 cm³/mol. The number of aliphatic carboxylic acids is 1. The van der Waals surface area contributed by atoms with Gasteiger partial charge in [0, 0.05) is 62.0 Å². The summed E-state index contributed by atoms with van der Waals surface area (Å²) in [5, 5.41) is 12.6. The van der Waals surface area contributed by atoms with Crippen molar-refractivity contribution >= 4 is 23.4 Å². The van der Waals surface area contributed by atoms with Gasteiger partial charge in [0.1, 0.15) is 5.75 Å². The number of para-hydroxylation sites is 1. The van der Waals surface area contributed by atoms with E-state index in [4.69, 9.17) is 30.0 Å². The van der Waals surface area contributed by atoms with Crippen molar-refractivity contribution in [1.82, 2.24) is 15.2 Å². The third-order valence-electron chi connectivity index (χ3n) is 9.80. The highest BCUT2D eigenvalue weighted by molar-refractivity contribution is 5.96. The van der Waals surface area contributed by atoms with Crippen LogP contribution in [0.25, 0.3) is 0 Å². The van der Waals surface area contributed by atoms with E-state index in [2.05, 4.69) is 10.3 Å². The minimum absolute atomic E-state index is 0.0906. The van der Waals surface area contributed by atoms with Gasteiger partial charge in [0.2, 0.25) is 5.88 Å². The number of aliphatic imine (C=N–C) groups is 1. The van der Waals surface area contributed by atoms with Crippen LogP contribution in [0.1, 0.15) is 84.3 Å². The molecule has 0 atom stereocenters. The molecule has 0 amide bonds. The molecule has 0 spiro atoms. The molecule has 11 nitrogen and oxygen atoms in total. The number of carbonyl (C=O) groups excluding carboxylic acids is 1. The number of ketones is 1. The highest BCUT2D eigenvalue weighted by atomic mass is 16.5. The Morgan fingerprint density at radius 3 is 2.49 bits per heavy atom. The van der Waals surface area contributed by atoms with Gasteiger partial charge in [-0.2, -0.15) is 0 Å². The van der Waals surface area contributed by atoms with Gasteiger partial charge < -0.3 is 35.3 Å². The zero-order valence-electron chi connectivity index (χ0n) is 28.0. The summed E-state index contributed by atoms with van der Waals surface area (Å²) >= 11 is 0. The van der Waals surface area contributed by atoms with Gasteiger partial charge in [-0.3, -0.25) is 9.59 Å². The van der Waals surface area contributed by atoms with Gasteiger partial charge in [-0.1, -0.05) is 42.5 Å². The number of carboxylic acid groups (broad SMARTS) is 1. The number of aromatic nitrogens is 1. The molecule has 49 heavy (non-hydrogen) atoms. The second-order valence-electron chi connectivity index (χ2n) is 13.2. The van der Waals surface area contributed by atoms with Gasteiger partial charge in [0.05, 0.1) is 31.0 Å². The maximum Gasteiger partial charge on any atom is 0.306 e. The first-order chi connectivity index (χ1) is 23.9. The number of carboxylic acids is 1. The number of Topliss-reactive ketones (excluding diaryl/α,β-unsaturated/α-hetero) is 1. The number of fused-ring (bicyclic) bond motifs is 1. The lowest BCUT2D eigenvalue weighted by atomic mass is 9.86. The molecule has 3 heterocycles. The van der Waals surface area contributed by atoms with Crippen molar-refractivity contribution in [2.75, 3.05) is 32.9 Å². The van der Waals surface area contributed by atoms with Crippen LogP contribution >= 0.6 is 0 Å². The zero-order valence-corrected chi connectivity index (χ0v) is 28.0. The van der Waals surface area contributed by atoms with Crippen molar-refractivity contribution in [1.29, 1.82) is 0 Å². The first kappa shape index (κ1) is 34.5. The van der Waals surface area contributed by atoms with Crippen molar-refractivity contribution in [3.05, 3.63) is 83.0 Å². The number of nitrogens with one attached hydrogen (secondary N) is 1. The lowest BCUT2D eigenvalue weighted by molar-refractivity contribution is -0.142. The minimum atomic E-state index is -0.679. The number of nitrogens with zero attached hydrogens (tertiary/aromatic N) is 3. The maximum absolute atomic E-state index is 13.1. The highest BCUT2D eigenvalue weighted by Gasteiger charge is 2.30. The summed E-state index contributed by atoms with van der Waals surface area (Å²) in [5.74, 6) is 1.23. The number of benzene rings is 2. The summed E-state index contributed by atoms with van der Waals surface area (Å²) in [6, 6.07) is 17.7. The molecule has 3 aromatic rings. The highest BCUT2D eigenvalue weighted by Crippen LogP contribution is 2.42. The molecule has 1 aliphatic carbocycles. The van der Waals surface area contributed by atoms with E-state index >= 15 is 0 Å². The van der Waals surface area contributed by atoms with Crippen molar-refractivity contribution in [2.45, 2.75) is 76.5 Å². The molecule has 4 N–H and O–H groups in total. The Morgan fingerprint density at radius 1 is 1.00 bits per heavy atom. The number of guanidine groups is 1. The van der Waals surface area contributed by atoms with E-state index in [1.807, 2.05) is 59.5 Å². The molecule has 2 aromatic carbocycles. The van der Waals surface area contributed by atoms with Gasteiger partial charge in [-0.15, -0.1) is 0 Å². The minimum Gasteiger partial charge on any atom is -0.481 e. The van der Waals surface area contributed by atoms with E-state index in [0.29, 0.717) is 75.8 Å². The second-order valence-corrected chi connectivity index (χ2v) is 13.2. The van der Waals surface area contributed by atoms with Gasteiger partial charge in [-0.05, 0) is 68.6 Å². The molecular weight excluding hydrogens is 622 g/mol. The number of ether oxygens (including phenoxy) is 3. The molecule has 0 radical (unpaired) electrons. The van der Waals surface area contributed by atoms with E-state index < -0.39 is 5.97 Å². The molecule has 1 aromatic heterocycles. The van der Waals surface area contributed by atoms with Crippen LogP contribution in [-0.4, -0.2) is 71.7 Å². The van der Waals surface area contributed by atoms with Crippen molar-refractivity contribution in [3.63, 3.8) is 0 Å². The van der Waals surface area contributed by atoms with Gasteiger partial charge in [0.15, 0.2) is 11.7 Å². The summed E-state index contributed by atoms with van der Waals surface area (Å²) in [7, 11) is 0. The van der Waals surface area contributed by atoms with Gasteiger partial charge in [-0.25, -0.2) is 9.98 Å². The molecule has 2 aliphatic heterocycles. The first-order valence-corrected chi connectivity index (χ1v) is 17.5. The SMILES string of the molecule is NC1=Nc2cnc(Oc3ccccc3)c(C3CCOCC3)c2CN1CCCC(=O)c1ccc(COCCN[C@H]2CC[C@@H](C(=O)O)CC2)cc1. The van der Waals surface area contributed by atoms with E-state index in [1.165, 1.54) is 0 Å². The predicted octanol–water partition coefficient (Wildman–Crippen LogP) is 5.94. The molecule has 6 rings (SSSR count). The third kappa shape index (κ3) is 9.23. The number of pyridine rings is 1. The molecule has 1 saturated carbocycles. The largest absolute Gasteiger partial charge is 0.481 e. The van der Waals surface area contributed by atoms with E-state index in [1.54, 1.807) is 6.20 Å². The number of nitrogens with two attached hydrogens (primary N) is 1. The molecule has 11 heteroatoms.